The summed E-state index contributed by atoms with van der Waals surface area (Å²) in [6.07, 6.45) is 3.44. The van der Waals surface area contributed by atoms with E-state index in [1.54, 1.807) is 7.05 Å². The van der Waals surface area contributed by atoms with Gasteiger partial charge in [0, 0.05) is 26.2 Å². The first-order chi connectivity index (χ1) is 7.54. The molecule has 1 aliphatic heterocycles. The van der Waals surface area contributed by atoms with Crippen molar-refractivity contribution in [3.05, 3.63) is 0 Å². The smallest absolute Gasteiger partial charge is 0.282 e. The Hall–Kier alpha value is -0.170. The Morgan fingerprint density at radius 2 is 2.12 bits per heavy atom. The lowest BCUT2D eigenvalue weighted by atomic mass is 10.1. The number of hydrogen-bond donors (Lipinski definition) is 1. The van der Waals surface area contributed by atoms with Gasteiger partial charge in [-0.1, -0.05) is 13.3 Å². The Morgan fingerprint density at radius 3 is 2.69 bits per heavy atom. The van der Waals surface area contributed by atoms with Crippen LogP contribution in [0.2, 0.25) is 0 Å². The number of hydrogen-bond acceptors (Lipinski definition) is 3. The lowest BCUT2D eigenvalue weighted by Crippen LogP contribution is -2.51. The zero-order chi connectivity index (χ0) is 12.2. The van der Waals surface area contributed by atoms with Gasteiger partial charge in [0.2, 0.25) is 0 Å². The van der Waals surface area contributed by atoms with Crippen LogP contribution >= 0.6 is 0 Å². The van der Waals surface area contributed by atoms with E-state index in [-0.39, 0.29) is 12.6 Å². The van der Waals surface area contributed by atoms with Gasteiger partial charge in [-0.15, -0.1) is 0 Å². The third-order valence-electron chi connectivity index (χ3n) is 3.01. The minimum atomic E-state index is -3.38. The fourth-order valence-electron chi connectivity index (χ4n) is 2.07. The molecule has 0 radical (unpaired) electrons. The van der Waals surface area contributed by atoms with Crippen molar-refractivity contribution in [2.24, 2.45) is 0 Å². The van der Waals surface area contributed by atoms with E-state index in [1.165, 1.54) is 8.61 Å². The number of piperidine rings is 1. The van der Waals surface area contributed by atoms with Crippen LogP contribution in [0.4, 0.5) is 0 Å². The second-order valence-corrected chi connectivity index (χ2v) is 6.26. The minimum Gasteiger partial charge on any atom is -0.395 e. The first-order valence-electron chi connectivity index (χ1n) is 5.88. The van der Waals surface area contributed by atoms with Gasteiger partial charge in [0.25, 0.3) is 10.2 Å². The fourth-order valence-corrected chi connectivity index (χ4v) is 3.75. The molecule has 1 N–H and O–H groups in total. The molecule has 0 amide bonds. The van der Waals surface area contributed by atoms with Gasteiger partial charge in [-0.25, -0.2) is 0 Å². The van der Waals surface area contributed by atoms with Crippen LogP contribution in [-0.2, 0) is 10.2 Å². The van der Waals surface area contributed by atoms with Crippen molar-refractivity contribution < 1.29 is 13.5 Å². The standard InChI is InChI=1S/C10H22N2O3S/c1-3-7-11(2)16(14,15)12-8-5-4-6-10(12)9-13/h10,13H,3-9H2,1-2H3. The highest BCUT2D eigenvalue weighted by molar-refractivity contribution is 7.86. The molecule has 1 heterocycles. The molecule has 1 aliphatic rings. The summed E-state index contributed by atoms with van der Waals surface area (Å²) in [6, 6.07) is -0.238. The molecule has 0 bridgehead atoms. The summed E-state index contributed by atoms with van der Waals surface area (Å²) in [6.45, 7) is 2.92. The average Bonchev–Trinajstić information content (AvgIpc) is 2.29. The molecule has 5 nitrogen and oxygen atoms in total. The summed E-state index contributed by atoms with van der Waals surface area (Å²) < 4.78 is 27.2. The van der Waals surface area contributed by atoms with Crippen molar-refractivity contribution in [1.29, 1.82) is 0 Å². The van der Waals surface area contributed by atoms with E-state index >= 15 is 0 Å². The van der Waals surface area contributed by atoms with E-state index in [0.29, 0.717) is 13.1 Å². The zero-order valence-corrected chi connectivity index (χ0v) is 10.9. The Balaban J connectivity index is 2.79. The van der Waals surface area contributed by atoms with Crippen molar-refractivity contribution in [1.82, 2.24) is 8.61 Å². The molecular formula is C10H22N2O3S. The highest BCUT2D eigenvalue weighted by Crippen LogP contribution is 2.21. The molecule has 0 saturated carbocycles. The van der Waals surface area contributed by atoms with Crippen LogP contribution in [0.5, 0.6) is 0 Å². The molecule has 1 fully saturated rings. The first-order valence-corrected chi connectivity index (χ1v) is 7.27. The lowest BCUT2D eigenvalue weighted by molar-refractivity contribution is 0.149. The molecule has 6 heteroatoms. The molecule has 16 heavy (non-hydrogen) atoms. The topological polar surface area (TPSA) is 60.9 Å². The van der Waals surface area contributed by atoms with Gasteiger partial charge in [-0.3, -0.25) is 0 Å². The molecule has 1 saturated heterocycles. The van der Waals surface area contributed by atoms with Crippen LogP contribution in [-0.4, -0.2) is 54.9 Å². The van der Waals surface area contributed by atoms with Gasteiger partial charge in [-0.05, 0) is 19.3 Å². The Labute approximate surface area is 98.2 Å². The maximum Gasteiger partial charge on any atom is 0.282 e. The molecule has 1 unspecified atom stereocenters. The van der Waals surface area contributed by atoms with Crippen LogP contribution in [0.15, 0.2) is 0 Å². The Bertz CT molecular complexity index is 305. The monoisotopic (exact) mass is 250 g/mol. The van der Waals surface area contributed by atoms with Crippen molar-refractivity contribution in [2.45, 2.75) is 38.6 Å². The zero-order valence-electron chi connectivity index (χ0n) is 10.1. The normalized spacial score (nSPS) is 23.9. The minimum absolute atomic E-state index is 0.0841. The number of aliphatic hydroxyl groups excluding tert-OH is 1. The van der Waals surface area contributed by atoms with Crippen LogP contribution in [0, 0.1) is 0 Å². The summed E-state index contributed by atoms with van der Waals surface area (Å²) in [5, 5.41) is 9.21. The van der Waals surface area contributed by atoms with Gasteiger partial charge < -0.3 is 5.11 Å². The van der Waals surface area contributed by atoms with E-state index in [2.05, 4.69) is 0 Å². The van der Waals surface area contributed by atoms with E-state index in [1.807, 2.05) is 6.92 Å². The van der Waals surface area contributed by atoms with E-state index < -0.39 is 10.2 Å². The molecule has 96 valence electrons. The number of rotatable bonds is 5. The average molecular weight is 250 g/mol. The highest BCUT2D eigenvalue weighted by atomic mass is 32.2. The largest absolute Gasteiger partial charge is 0.395 e. The quantitative estimate of drug-likeness (QED) is 0.769. The second-order valence-electron chi connectivity index (χ2n) is 4.27. The molecule has 0 aromatic rings. The fraction of sp³-hybridized carbons (Fsp3) is 1.00. The maximum absolute atomic E-state index is 12.2. The van der Waals surface area contributed by atoms with Gasteiger partial charge in [-0.2, -0.15) is 17.0 Å². The summed E-state index contributed by atoms with van der Waals surface area (Å²) >= 11 is 0. The highest BCUT2D eigenvalue weighted by Gasteiger charge is 2.34. The van der Waals surface area contributed by atoms with Crippen LogP contribution < -0.4 is 0 Å². The van der Waals surface area contributed by atoms with Gasteiger partial charge in [0.1, 0.15) is 0 Å². The predicted molar refractivity (Wildman–Crippen MR) is 63.3 cm³/mol. The molecule has 0 aromatic heterocycles. The van der Waals surface area contributed by atoms with Crippen molar-refractivity contribution in [2.75, 3.05) is 26.7 Å². The van der Waals surface area contributed by atoms with Crippen LogP contribution in [0.1, 0.15) is 32.6 Å². The predicted octanol–water partition coefficient (Wildman–Crippen LogP) is 0.420. The van der Waals surface area contributed by atoms with Crippen molar-refractivity contribution in [3.63, 3.8) is 0 Å². The first kappa shape index (κ1) is 13.9. The van der Waals surface area contributed by atoms with Crippen molar-refractivity contribution in [3.8, 4) is 0 Å². The molecule has 1 rings (SSSR count). The summed E-state index contributed by atoms with van der Waals surface area (Å²) in [7, 11) is -1.78. The molecule has 0 aliphatic carbocycles. The summed E-state index contributed by atoms with van der Waals surface area (Å²) in [5.41, 5.74) is 0. The van der Waals surface area contributed by atoms with Gasteiger partial charge in [0.05, 0.1) is 6.61 Å². The lowest BCUT2D eigenvalue weighted by Gasteiger charge is -2.35. The van der Waals surface area contributed by atoms with Crippen LogP contribution in [0.3, 0.4) is 0 Å². The Kier molecular flexibility index (Phi) is 5.17. The molecule has 1 atom stereocenters. The molecule has 0 aromatic carbocycles. The second kappa shape index (κ2) is 5.95. The van der Waals surface area contributed by atoms with E-state index in [9.17, 15) is 13.5 Å². The number of nitrogens with zero attached hydrogens (tertiary/aromatic N) is 2. The molecule has 0 spiro atoms. The third kappa shape index (κ3) is 2.94. The van der Waals surface area contributed by atoms with E-state index in [4.69, 9.17) is 0 Å². The number of aliphatic hydroxyl groups is 1. The third-order valence-corrected chi connectivity index (χ3v) is 5.06. The maximum atomic E-state index is 12.2. The Morgan fingerprint density at radius 1 is 1.44 bits per heavy atom. The molecular weight excluding hydrogens is 228 g/mol. The summed E-state index contributed by atoms with van der Waals surface area (Å²) in [5.74, 6) is 0. The summed E-state index contributed by atoms with van der Waals surface area (Å²) in [4.78, 5) is 0. The van der Waals surface area contributed by atoms with Crippen molar-refractivity contribution >= 4 is 10.2 Å². The van der Waals surface area contributed by atoms with Gasteiger partial charge >= 0.3 is 0 Å². The van der Waals surface area contributed by atoms with Gasteiger partial charge in [0.15, 0.2) is 0 Å². The van der Waals surface area contributed by atoms with E-state index in [0.717, 1.165) is 25.7 Å². The van der Waals surface area contributed by atoms with Crippen LogP contribution in [0.25, 0.3) is 0 Å². The SMILES string of the molecule is CCCN(C)S(=O)(=O)N1CCCCC1CO.